The molecular formula is C31H52O2. The first-order chi connectivity index (χ1) is 15.3. The van der Waals surface area contributed by atoms with E-state index in [9.17, 15) is 10.2 Å². The van der Waals surface area contributed by atoms with Gasteiger partial charge < -0.3 is 10.2 Å². The highest BCUT2D eigenvalue weighted by Crippen LogP contribution is 2.68. The zero-order valence-electron chi connectivity index (χ0n) is 22.6. The molecule has 5 aliphatic rings. The normalized spacial score (nSPS) is 50.7. The average Bonchev–Trinajstić information content (AvgIpc) is 3.07. The Hall–Kier alpha value is -0.340. The van der Waals surface area contributed by atoms with Crippen LogP contribution in [-0.2, 0) is 0 Å². The molecule has 8 atom stereocenters. The molecule has 2 N–H and O–H groups in total. The second-order valence-corrected chi connectivity index (χ2v) is 15.2. The van der Waals surface area contributed by atoms with Crippen molar-refractivity contribution < 1.29 is 10.2 Å². The Kier molecular flexibility index (Phi) is 5.78. The summed E-state index contributed by atoms with van der Waals surface area (Å²) in [6.45, 7) is 14.5. The molecule has 0 aromatic rings. The van der Waals surface area contributed by atoms with Crippen molar-refractivity contribution in [3.63, 3.8) is 0 Å². The standard InChI is InChI=1S/C31H52O2/c1-21-19-23-20-28(4,32)15-16-30(23,6)25-10-11-29(5)22(7-8-24(29)26(21)25)9-12-31(33)17-13-27(2,3)14-18-31/h19,21-22,24-26,32-33H,7-18,20H2,1-6H3/t21-,22+,24-,25-,26-,28-,29+,30-/m0/s1. The fourth-order valence-corrected chi connectivity index (χ4v) is 9.83. The van der Waals surface area contributed by atoms with E-state index in [1.165, 1.54) is 44.9 Å². The summed E-state index contributed by atoms with van der Waals surface area (Å²) in [7, 11) is 0. The summed E-state index contributed by atoms with van der Waals surface area (Å²) in [5, 5.41) is 22.1. The van der Waals surface area contributed by atoms with Crippen molar-refractivity contribution in [3.8, 4) is 0 Å². The third-order valence-corrected chi connectivity index (χ3v) is 12.4. The number of hydrogen-bond donors (Lipinski definition) is 2. The summed E-state index contributed by atoms with van der Waals surface area (Å²) in [5.74, 6) is 3.88. The fraction of sp³-hybridized carbons (Fsp3) is 0.935. The van der Waals surface area contributed by atoms with E-state index in [1.54, 1.807) is 5.57 Å². The highest BCUT2D eigenvalue weighted by atomic mass is 16.3. The topological polar surface area (TPSA) is 40.5 Å². The van der Waals surface area contributed by atoms with Gasteiger partial charge in [0.05, 0.1) is 11.2 Å². The lowest BCUT2D eigenvalue weighted by Gasteiger charge is -2.60. The lowest BCUT2D eigenvalue weighted by molar-refractivity contribution is -0.0841. The molecule has 2 nitrogen and oxygen atoms in total. The maximum Gasteiger partial charge on any atom is 0.0657 e. The van der Waals surface area contributed by atoms with Crippen LogP contribution in [0, 0.1) is 45.8 Å². The van der Waals surface area contributed by atoms with Gasteiger partial charge in [0.15, 0.2) is 0 Å². The monoisotopic (exact) mass is 456 g/mol. The first kappa shape index (κ1) is 24.4. The molecule has 0 radical (unpaired) electrons. The Morgan fingerprint density at radius 2 is 1.52 bits per heavy atom. The van der Waals surface area contributed by atoms with Crippen LogP contribution in [-0.4, -0.2) is 21.4 Å². The van der Waals surface area contributed by atoms with Gasteiger partial charge in [0.25, 0.3) is 0 Å². The Labute approximate surface area is 204 Å². The Morgan fingerprint density at radius 3 is 2.21 bits per heavy atom. The van der Waals surface area contributed by atoms with Gasteiger partial charge in [0.1, 0.15) is 0 Å². The molecule has 5 rings (SSSR count). The van der Waals surface area contributed by atoms with Gasteiger partial charge in [-0.15, -0.1) is 0 Å². The molecule has 2 heteroatoms. The van der Waals surface area contributed by atoms with E-state index in [0.717, 1.165) is 62.2 Å². The van der Waals surface area contributed by atoms with E-state index in [2.05, 4.69) is 40.7 Å². The van der Waals surface area contributed by atoms with Crippen molar-refractivity contribution >= 4 is 0 Å². The molecule has 0 spiro atoms. The number of aliphatic hydroxyl groups is 2. The maximum absolute atomic E-state index is 11.4. The van der Waals surface area contributed by atoms with E-state index in [-0.39, 0.29) is 0 Å². The minimum Gasteiger partial charge on any atom is -0.390 e. The third kappa shape index (κ3) is 4.08. The van der Waals surface area contributed by atoms with Crippen LogP contribution < -0.4 is 0 Å². The minimum atomic E-state index is -0.506. The first-order valence-electron chi connectivity index (χ1n) is 14.4. The average molecular weight is 457 g/mol. The lowest BCUT2D eigenvalue weighted by atomic mass is 9.45. The molecule has 0 aromatic heterocycles. The van der Waals surface area contributed by atoms with Crippen LogP contribution in [0.25, 0.3) is 0 Å². The number of fused-ring (bicyclic) bond motifs is 5. The van der Waals surface area contributed by atoms with Crippen LogP contribution in [0.2, 0.25) is 0 Å². The highest BCUT2D eigenvalue weighted by molar-refractivity contribution is 5.28. The van der Waals surface area contributed by atoms with Crippen molar-refractivity contribution in [3.05, 3.63) is 11.6 Å². The van der Waals surface area contributed by atoms with E-state index in [0.29, 0.717) is 22.2 Å². The van der Waals surface area contributed by atoms with Crippen LogP contribution in [0.4, 0.5) is 0 Å². The summed E-state index contributed by atoms with van der Waals surface area (Å²) in [6, 6.07) is 0. The van der Waals surface area contributed by atoms with Crippen molar-refractivity contribution in [1.29, 1.82) is 0 Å². The van der Waals surface area contributed by atoms with Crippen molar-refractivity contribution in [2.75, 3.05) is 0 Å². The Bertz CT molecular complexity index is 783. The van der Waals surface area contributed by atoms with Crippen molar-refractivity contribution in [1.82, 2.24) is 0 Å². The number of hydrogen-bond acceptors (Lipinski definition) is 2. The van der Waals surface area contributed by atoms with Gasteiger partial charge in [-0.1, -0.05) is 46.3 Å². The Balaban J connectivity index is 1.31. The van der Waals surface area contributed by atoms with E-state index >= 15 is 0 Å². The predicted octanol–water partition coefficient (Wildman–Crippen LogP) is 7.67. The second-order valence-electron chi connectivity index (χ2n) is 15.2. The van der Waals surface area contributed by atoms with E-state index < -0.39 is 11.2 Å². The summed E-state index contributed by atoms with van der Waals surface area (Å²) in [6.07, 6.45) is 17.8. The quantitative estimate of drug-likeness (QED) is 0.428. The van der Waals surface area contributed by atoms with Crippen LogP contribution in [0.3, 0.4) is 0 Å². The zero-order chi connectivity index (χ0) is 23.9. The van der Waals surface area contributed by atoms with Gasteiger partial charge in [0.2, 0.25) is 0 Å². The molecular weight excluding hydrogens is 404 g/mol. The molecule has 0 aromatic carbocycles. The predicted molar refractivity (Wildman–Crippen MR) is 137 cm³/mol. The van der Waals surface area contributed by atoms with Crippen LogP contribution in [0.1, 0.15) is 125 Å². The largest absolute Gasteiger partial charge is 0.390 e. The number of allylic oxidation sites excluding steroid dienone is 1. The van der Waals surface area contributed by atoms with Crippen molar-refractivity contribution in [2.45, 2.75) is 136 Å². The molecule has 4 saturated carbocycles. The highest BCUT2D eigenvalue weighted by Gasteiger charge is 2.60. The summed E-state index contributed by atoms with van der Waals surface area (Å²) in [5.41, 5.74) is 1.86. The molecule has 0 heterocycles. The summed E-state index contributed by atoms with van der Waals surface area (Å²) < 4.78 is 0. The molecule has 0 amide bonds. The molecule has 0 unspecified atom stereocenters. The molecule has 0 bridgehead atoms. The van der Waals surface area contributed by atoms with E-state index in [1.807, 2.05) is 6.92 Å². The first-order valence-corrected chi connectivity index (χ1v) is 14.4. The van der Waals surface area contributed by atoms with Crippen LogP contribution >= 0.6 is 0 Å². The molecule has 33 heavy (non-hydrogen) atoms. The minimum absolute atomic E-state index is 0.308. The van der Waals surface area contributed by atoms with Crippen molar-refractivity contribution in [2.24, 2.45) is 45.8 Å². The Morgan fingerprint density at radius 1 is 0.818 bits per heavy atom. The van der Waals surface area contributed by atoms with Gasteiger partial charge in [-0.25, -0.2) is 0 Å². The zero-order valence-corrected chi connectivity index (χ0v) is 22.6. The molecule has 5 aliphatic carbocycles. The smallest absolute Gasteiger partial charge is 0.0657 e. The second kappa shape index (κ2) is 7.83. The van der Waals surface area contributed by atoms with Gasteiger partial charge in [-0.05, 0) is 136 Å². The van der Waals surface area contributed by atoms with Gasteiger partial charge in [0, 0.05) is 0 Å². The summed E-state index contributed by atoms with van der Waals surface area (Å²) in [4.78, 5) is 0. The summed E-state index contributed by atoms with van der Waals surface area (Å²) >= 11 is 0. The number of rotatable bonds is 3. The van der Waals surface area contributed by atoms with Gasteiger partial charge in [-0.3, -0.25) is 0 Å². The molecule has 0 saturated heterocycles. The lowest BCUT2D eigenvalue weighted by Crippen LogP contribution is -2.53. The molecule has 0 aliphatic heterocycles. The molecule has 188 valence electrons. The van der Waals surface area contributed by atoms with Gasteiger partial charge in [-0.2, -0.15) is 0 Å². The molecule has 4 fully saturated rings. The van der Waals surface area contributed by atoms with Gasteiger partial charge >= 0.3 is 0 Å². The van der Waals surface area contributed by atoms with Crippen LogP contribution in [0.15, 0.2) is 11.6 Å². The van der Waals surface area contributed by atoms with Crippen LogP contribution in [0.5, 0.6) is 0 Å². The SMILES string of the molecule is C[C@H]1C=C2C[C@@](C)(O)CC[C@]2(C)[C@H]2CC[C@]3(C)[C@@H](CCC4(O)CCC(C)(C)CC4)CC[C@H]3[C@H]12. The third-order valence-electron chi connectivity index (χ3n) is 12.4. The fourth-order valence-electron chi connectivity index (χ4n) is 9.83. The van der Waals surface area contributed by atoms with E-state index in [4.69, 9.17) is 0 Å². The maximum atomic E-state index is 11.4.